The van der Waals surface area contributed by atoms with Crippen molar-refractivity contribution in [2.24, 2.45) is 17.8 Å². The minimum absolute atomic E-state index is 0.0777. The third-order valence-corrected chi connectivity index (χ3v) is 3.80. The maximum Gasteiger partial charge on any atom is 0.309 e. The largest absolute Gasteiger partial charge is 0.466 e. The van der Waals surface area contributed by atoms with E-state index in [2.05, 4.69) is 13.5 Å². The maximum atomic E-state index is 12.2. The first-order valence-electron chi connectivity index (χ1n) is 8.61. The zero-order chi connectivity index (χ0) is 18.0. The number of esters is 2. The molecule has 0 aromatic rings. The monoisotopic (exact) mass is 326 g/mol. The van der Waals surface area contributed by atoms with Gasteiger partial charge in [0.1, 0.15) is 5.60 Å². The molecule has 0 aliphatic heterocycles. The van der Waals surface area contributed by atoms with E-state index in [4.69, 9.17) is 9.47 Å². The van der Waals surface area contributed by atoms with Gasteiger partial charge in [0.2, 0.25) is 0 Å². The molecule has 4 nitrogen and oxygen atoms in total. The van der Waals surface area contributed by atoms with Crippen molar-refractivity contribution in [3.8, 4) is 0 Å². The first-order valence-corrected chi connectivity index (χ1v) is 8.61. The molecule has 0 aromatic carbocycles. The van der Waals surface area contributed by atoms with Crippen LogP contribution < -0.4 is 0 Å². The molecule has 0 spiro atoms. The highest BCUT2D eigenvalue weighted by molar-refractivity contribution is 5.80. The minimum atomic E-state index is -0.543. The lowest BCUT2D eigenvalue weighted by molar-refractivity contribution is -0.163. The molecule has 134 valence electrons. The molecule has 0 radical (unpaired) electrons. The molecular weight excluding hydrogens is 292 g/mol. The van der Waals surface area contributed by atoms with Gasteiger partial charge in [-0.15, -0.1) is 6.58 Å². The molecule has 0 amide bonds. The summed E-state index contributed by atoms with van der Waals surface area (Å²) < 4.78 is 10.5. The number of allylic oxidation sites excluding steroid dienone is 1. The van der Waals surface area contributed by atoms with Crippen LogP contribution in [0.3, 0.4) is 0 Å². The summed E-state index contributed by atoms with van der Waals surface area (Å²) in [5.41, 5.74) is -0.543. The Labute approximate surface area is 141 Å². The third kappa shape index (κ3) is 10.1. The van der Waals surface area contributed by atoms with E-state index in [-0.39, 0.29) is 24.3 Å². The van der Waals surface area contributed by atoms with Crippen LogP contribution in [0.5, 0.6) is 0 Å². The van der Waals surface area contributed by atoms with Crippen LogP contribution >= 0.6 is 0 Å². The molecule has 0 rings (SSSR count). The van der Waals surface area contributed by atoms with Crippen LogP contribution in [0.15, 0.2) is 12.7 Å². The molecule has 0 saturated heterocycles. The predicted octanol–water partition coefficient (Wildman–Crippen LogP) is 4.53. The average molecular weight is 326 g/mol. The van der Waals surface area contributed by atoms with Crippen molar-refractivity contribution < 1.29 is 19.1 Å². The summed E-state index contributed by atoms with van der Waals surface area (Å²) >= 11 is 0. The summed E-state index contributed by atoms with van der Waals surface area (Å²) in [7, 11) is 0. The Hall–Kier alpha value is -1.32. The number of carbonyl (C=O) groups is 2. The third-order valence-electron chi connectivity index (χ3n) is 3.80. The molecule has 2 unspecified atom stereocenters. The smallest absolute Gasteiger partial charge is 0.309 e. The molecule has 0 N–H and O–H groups in total. The van der Waals surface area contributed by atoms with Gasteiger partial charge in [0.15, 0.2) is 0 Å². The Morgan fingerprint density at radius 3 is 2.26 bits per heavy atom. The number of ether oxygens (including phenoxy) is 2. The van der Waals surface area contributed by atoms with Crippen LogP contribution in [0.1, 0.15) is 67.2 Å². The molecule has 0 fully saturated rings. The van der Waals surface area contributed by atoms with E-state index < -0.39 is 11.5 Å². The van der Waals surface area contributed by atoms with E-state index in [0.29, 0.717) is 12.5 Å². The van der Waals surface area contributed by atoms with Crippen molar-refractivity contribution in [2.75, 3.05) is 6.61 Å². The van der Waals surface area contributed by atoms with Gasteiger partial charge in [-0.1, -0.05) is 26.3 Å². The fourth-order valence-corrected chi connectivity index (χ4v) is 2.41. The van der Waals surface area contributed by atoms with Gasteiger partial charge in [0.25, 0.3) is 0 Å². The van der Waals surface area contributed by atoms with Crippen LogP contribution in [0.2, 0.25) is 0 Å². The van der Waals surface area contributed by atoms with Crippen LogP contribution in [-0.4, -0.2) is 24.1 Å². The summed E-state index contributed by atoms with van der Waals surface area (Å²) in [6, 6.07) is 0. The van der Waals surface area contributed by atoms with E-state index in [1.807, 2.05) is 33.8 Å². The lowest BCUT2D eigenvalue weighted by atomic mass is 9.86. The van der Waals surface area contributed by atoms with Crippen LogP contribution in [0.25, 0.3) is 0 Å². The van der Waals surface area contributed by atoms with Crippen molar-refractivity contribution in [3.05, 3.63) is 12.7 Å². The van der Waals surface area contributed by atoms with Crippen LogP contribution in [0.4, 0.5) is 0 Å². The second-order valence-corrected chi connectivity index (χ2v) is 7.27. The second-order valence-electron chi connectivity index (χ2n) is 7.27. The van der Waals surface area contributed by atoms with E-state index in [9.17, 15) is 9.59 Å². The lowest BCUT2D eigenvalue weighted by Gasteiger charge is -2.25. The highest BCUT2D eigenvalue weighted by Gasteiger charge is 2.30. The van der Waals surface area contributed by atoms with E-state index in [0.717, 1.165) is 19.3 Å². The lowest BCUT2D eigenvalue weighted by Crippen LogP contribution is -2.31. The quantitative estimate of drug-likeness (QED) is 0.437. The first kappa shape index (κ1) is 21.7. The SMILES string of the molecule is C=CC(C)CCC[C@@H](C)C(CC(=O)OC(C)(C)C)C(=O)OCC. The van der Waals surface area contributed by atoms with Gasteiger partial charge in [-0.2, -0.15) is 0 Å². The Balaban J connectivity index is 4.69. The molecule has 0 saturated carbocycles. The summed E-state index contributed by atoms with van der Waals surface area (Å²) in [5, 5.41) is 0. The molecule has 0 heterocycles. The Kier molecular flexibility index (Phi) is 9.85. The summed E-state index contributed by atoms with van der Waals surface area (Å²) in [6.45, 7) is 15.5. The fourth-order valence-electron chi connectivity index (χ4n) is 2.41. The number of hydrogen-bond donors (Lipinski definition) is 0. The van der Waals surface area contributed by atoms with E-state index in [1.54, 1.807) is 6.92 Å². The average Bonchev–Trinajstić information content (AvgIpc) is 2.42. The zero-order valence-electron chi connectivity index (χ0n) is 15.7. The van der Waals surface area contributed by atoms with Gasteiger partial charge in [0.05, 0.1) is 18.9 Å². The van der Waals surface area contributed by atoms with Gasteiger partial charge in [-0.3, -0.25) is 9.59 Å². The topological polar surface area (TPSA) is 52.6 Å². The summed E-state index contributed by atoms with van der Waals surface area (Å²) in [6.07, 6.45) is 4.93. The number of rotatable bonds is 10. The summed E-state index contributed by atoms with van der Waals surface area (Å²) in [5.74, 6) is -0.541. The van der Waals surface area contributed by atoms with E-state index >= 15 is 0 Å². The highest BCUT2D eigenvalue weighted by atomic mass is 16.6. The molecule has 4 heteroatoms. The van der Waals surface area contributed by atoms with Crippen molar-refractivity contribution >= 4 is 11.9 Å². The van der Waals surface area contributed by atoms with Crippen LogP contribution in [-0.2, 0) is 19.1 Å². The maximum absolute atomic E-state index is 12.2. The van der Waals surface area contributed by atoms with Crippen molar-refractivity contribution in [1.82, 2.24) is 0 Å². The predicted molar refractivity (Wildman–Crippen MR) is 93.0 cm³/mol. The molecule has 0 aromatic heterocycles. The molecule has 0 aliphatic carbocycles. The van der Waals surface area contributed by atoms with Crippen molar-refractivity contribution in [1.29, 1.82) is 0 Å². The number of carbonyl (C=O) groups excluding carboxylic acids is 2. The Morgan fingerprint density at radius 2 is 1.78 bits per heavy atom. The van der Waals surface area contributed by atoms with E-state index in [1.165, 1.54) is 0 Å². The highest BCUT2D eigenvalue weighted by Crippen LogP contribution is 2.25. The Bertz CT molecular complexity index is 381. The van der Waals surface area contributed by atoms with Crippen molar-refractivity contribution in [2.45, 2.75) is 72.8 Å². The first-order chi connectivity index (χ1) is 10.6. The van der Waals surface area contributed by atoms with Gasteiger partial charge >= 0.3 is 11.9 Å². The van der Waals surface area contributed by atoms with Gasteiger partial charge in [-0.05, 0) is 52.4 Å². The van der Waals surface area contributed by atoms with Crippen LogP contribution in [0, 0.1) is 17.8 Å². The molecular formula is C19H34O4. The van der Waals surface area contributed by atoms with Gasteiger partial charge in [0, 0.05) is 0 Å². The number of hydrogen-bond acceptors (Lipinski definition) is 4. The van der Waals surface area contributed by atoms with Gasteiger partial charge < -0.3 is 9.47 Å². The second kappa shape index (κ2) is 10.5. The molecule has 0 bridgehead atoms. The normalized spacial score (nSPS) is 15.4. The summed E-state index contributed by atoms with van der Waals surface area (Å²) in [4.78, 5) is 24.3. The fraction of sp³-hybridized carbons (Fsp3) is 0.789. The van der Waals surface area contributed by atoms with Gasteiger partial charge in [-0.25, -0.2) is 0 Å². The molecule has 23 heavy (non-hydrogen) atoms. The minimum Gasteiger partial charge on any atom is -0.466 e. The molecule has 0 aliphatic rings. The van der Waals surface area contributed by atoms with Crippen molar-refractivity contribution in [3.63, 3.8) is 0 Å². The zero-order valence-corrected chi connectivity index (χ0v) is 15.7. The standard InChI is InChI=1S/C19H34O4/c1-8-14(3)11-10-12-15(4)16(18(21)22-9-2)13-17(20)23-19(5,6)7/h8,14-16H,1,9-13H2,2-7H3/t14?,15-,16?/m1/s1. The molecule has 3 atom stereocenters. The Morgan fingerprint density at radius 1 is 1.17 bits per heavy atom.